The van der Waals surface area contributed by atoms with Gasteiger partial charge in [0.1, 0.15) is 11.4 Å². The summed E-state index contributed by atoms with van der Waals surface area (Å²) < 4.78 is 6.54. The Hall–Kier alpha value is -3.16. The van der Waals surface area contributed by atoms with Crippen molar-refractivity contribution < 1.29 is 19.4 Å². The minimum absolute atomic E-state index is 0.0165. The molecule has 2 N–H and O–H groups in total. The van der Waals surface area contributed by atoms with E-state index in [0.717, 1.165) is 16.0 Å². The number of amides is 1. The standard InChI is InChI=1S/C17H17N3O5/c1-2-20-14(21)6-4-12(19-20)16(22)18-15(17(23)24)11-3-5-13-10(9-11)7-8-25-13/h3-6,9,15H,2,7-8H2,1H3,(H,18,22)(H,23,24). The van der Waals surface area contributed by atoms with Crippen LogP contribution in [0.1, 0.15) is 34.6 Å². The first kappa shape index (κ1) is 16.7. The molecule has 0 aliphatic carbocycles. The lowest BCUT2D eigenvalue weighted by Gasteiger charge is -2.15. The van der Waals surface area contributed by atoms with Crippen molar-refractivity contribution in [3.8, 4) is 5.75 Å². The third-order valence-corrected chi connectivity index (χ3v) is 3.97. The third-order valence-electron chi connectivity index (χ3n) is 3.97. The van der Waals surface area contributed by atoms with Gasteiger partial charge in [-0.1, -0.05) is 6.07 Å². The van der Waals surface area contributed by atoms with Gasteiger partial charge in [0.05, 0.1) is 6.61 Å². The lowest BCUT2D eigenvalue weighted by Crippen LogP contribution is -2.35. The van der Waals surface area contributed by atoms with Crippen molar-refractivity contribution in [2.24, 2.45) is 0 Å². The van der Waals surface area contributed by atoms with Crippen molar-refractivity contribution >= 4 is 11.9 Å². The molecule has 1 aromatic heterocycles. The minimum atomic E-state index is -1.22. The van der Waals surface area contributed by atoms with Crippen LogP contribution in [-0.4, -0.2) is 33.4 Å². The lowest BCUT2D eigenvalue weighted by atomic mass is 10.0. The van der Waals surface area contributed by atoms with Gasteiger partial charge >= 0.3 is 5.97 Å². The number of nitrogens with one attached hydrogen (secondary N) is 1. The Morgan fingerprint density at radius 1 is 1.36 bits per heavy atom. The predicted molar refractivity (Wildman–Crippen MR) is 87.7 cm³/mol. The number of nitrogens with zero attached hydrogens (tertiary/aromatic N) is 2. The monoisotopic (exact) mass is 343 g/mol. The summed E-state index contributed by atoms with van der Waals surface area (Å²) in [5.74, 6) is -1.11. The first-order valence-corrected chi connectivity index (χ1v) is 7.87. The first-order valence-electron chi connectivity index (χ1n) is 7.87. The summed E-state index contributed by atoms with van der Waals surface area (Å²) in [6.45, 7) is 2.60. The number of carbonyl (C=O) groups is 2. The van der Waals surface area contributed by atoms with E-state index in [-0.39, 0.29) is 11.3 Å². The molecule has 3 rings (SSSR count). The van der Waals surface area contributed by atoms with Crippen molar-refractivity contribution in [2.45, 2.75) is 25.9 Å². The second-order valence-electron chi connectivity index (χ2n) is 5.58. The summed E-state index contributed by atoms with van der Waals surface area (Å²) in [5.41, 5.74) is 1.02. The largest absolute Gasteiger partial charge is 0.493 e. The molecule has 2 aromatic rings. The first-order chi connectivity index (χ1) is 12.0. The number of hydrogen-bond acceptors (Lipinski definition) is 5. The summed E-state index contributed by atoms with van der Waals surface area (Å²) in [5, 5.41) is 15.9. The highest BCUT2D eigenvalue weighted by Gasteiger charge is 2.25. The van der Waals surface area contributed by atoms with Gasteiger partial charge in [-0.25, -0.2) is 9.48 Å². The fourth-order valence-electron chi connectivity index (χ4n) is 2.68. The van der Waals surface area contributed by atoms with Gasteiger partial charge in [0.25, 0.3) is 11.5 Å². The highest BCUT2D eigenvalue weighted by molar-refractivity contribution is 5.95. The van der Waals surface area contributed by atoms with Crippen LogP contribution in [0.15, 0.2) is 35.1 Å². The zero-order chi connectivity index (χ0) is 18.0. The van der Waals surface area contributed by atoms with Gasteiger partial charge < -0.3 is 15.2 Å². The van der Waals surface area contributed by atoms with Gasteiger partial charge in [-0.3, -0.25) is 9.59 Å². The van der Waals surface area contributed by atoms with E-state index >= 15 is 0 Å². The molecule has 0 bridgehead atoms. The second-order valence-corrected chi connectivity index (χ2v) is 5.58. The summed E-state index contributed by atoms with van der Waals surface area (Å²) >= 11 is 0. The number of aromatic nitrogens is 2. The highest BCUT2D eigenvalue weighted by atomic mass is 16.5. The van der Waals surface area contributed by atoms with Crippen molar-refractivity contribution in [3.05, 3.63) is 57.5 Å². The van der Waals surface area contributed by atoms with Gasteiger partial charge in [-0.2, -0.15) is 5.10 Å². The number of carboxylic acids is 1. The molecule has 1 aliphatic rings. The smallest absolute Gasteiger partial charge is 0.330 e. The maximum atomic E-state index is 12.4. The summed E-state index contributed by atoms with van der Waals surface area (Å²) in [4.78, 5) is 35.5. The highest BCUT2D eigenvalue weighted by Crippen LogP contribution is 2.28. The van der Waals surface area contributed by atoms with Crippen LogP contribution in [-0.2, 0) is 17.8 Å². The molecular formula is C17H17N3O5. The Morgan fingerprint density at radius 2 is 2.16 bits per heavy atom. The van der Waals surface area contributed by atoms with Gasteiger partial charge in [-0.15, -0.1) is 0 Å². The SMILES string of the molecule is CCn1nc(C(=O)NC(C(=O)O)c2ccc3c(c2)CCO3)ccc1=O. The molecular weight excluding hydrogens is 326 g/mol. The van der Waals surface area contributed by atoms with E-state index in [1.807, 2.05) is 0 Å². The van der Waals surface area contributed by atoms with Crippen LogP contribution in [0.25, 0.3) is 0 Å². The van der Waals surface area contributed by atoms with E-state index in [1.165, 1.54) is 12.1 Å². The van der Waals surface area contributed by atoms with E-state index in [9.17, 15) is 19.5 Å². The average molecular weight is 343 g/mol. The Kier molecular flexibility index (Phi) is 4.51. The van der Waals surface area contributed by atoms with Crippen LogP contribution in [0.2, 0.25) is 0 Å². The molecule has 0 radical (unpaired) electrons. The molecule has 1 aliphatic heterocycles. The van der Waals surface area contributed by atoms with Crippen LogP contribution in [0.5, 0.6) is 5.75 Å². The van der Waals surface area contributed by atoms with Gasteiger partial charge in [0.15, 0.2) is 6.04 Å². The normalized spacial score (nSPS) is 13.6. The van der Waals surface area contributed by atoms with Gasteiger partial charge in [-0.05, 0) is 36.2 Å². The summed E-state index contributed by atoms with van der Waals surface area (Å²) in [6, 6.07) is 6.33. The number of carbonyl (C=O) groups excluding carboxylic acids is 1. The molecule has 130 valence electrons. The molecule has 0 fully saturated rings. The van der Waals surface area contributed by atoms with E-state index < -0.39 is 17.9 Å². The van der Waals surface area contributed by atoms with Crippen molar-refractivity contribution in [3.63, 3.8) is 0 Å². The number of ether oxygens (including phenoxy) is 1. The van der Waals surface area contributed by atoms with E-state index in [0.29, 0.717) is 25.1 Å². The van der Waals surface area contributed by atoms with E-state index in [4.69, 9.17) is 4.74 Å². The molecule has 0 saturated heterocycles. The topological polar surface area (TPSA) is 111 Å². The quantitative estimate of drug-likeness (QED) is 0.829. The Labute approximate surface area is 143 Å². The van der Waals surface area contributed by atoms with E-state index in [1.54, 1.807) is 25.1 Å². The van der Waals surface area contributed by atoms with Gasteiger partial charge in [0.2, 0.25) is 0 Å². The Bertz CT molecular complexity index is 890. The Balaban J connectivity index is 1.86. The number of benzene rings is 1. The molecule has 2 heterocycles. The molecule has 1 aromatic carbocycles. The Morgan fingerprint density at radius 3 is 2.88 bits per heavy atom. The lowest BCUT2D eigenvalue weighted by molar-refractivity contribution is -0.139. The molecule has 8 nitrogen and oxygen atoms in total. The van der Waals surface area contributed by atoms with Crippen molar-refractivity contribution in [1.29, 1.82) is 0 Å². The molecule has 25 heavy (non-hydrogen) atoms. The van der Waals surface area contributed by atoms with Crippen LogP contribution in [0.4, 0.5) is 0 Å². The average Bonchev–Trinajstić information content (AvgIpc) is 3.07. The van der Waals surface area contributed by atoms with Crippen LogP contribution < -0.4 is 15.6 Å². The number of rotatable bonds is 5. The predicted octanol–water partition coefficient (Wildman–Crippen LogP) is 0.754. The molecule has 1 amide bonds. The van der Waals surface area contributed by atoms with Gasteiger partial charge in [0, 0.05) is 19.0 Å². The second kappa shape index (κ2) is 6.76. The zero-order valence-corrected chi connectivity index (χ0v) is 13.6. The fraction of sp³-hybridized carbons (Fsp3) is 0.294. The maximum Gasteiger partial charge on any atom is 0.330 e. The number of hydrogen-bond donors (Lipinski definition) is 2. The molecule has 0 saturated carbocycles. The zero-order valence-electron chi connectivity index (χ0n) is 13.6. The minimum Gasteiger partial charge on any atom is -0.493 e. The molecule has 1 atom stereocenters. The van der Waals surface area contributed by atoms with Crippen molar-refractivity contribution in [1.82, 2.24) is 15.1 Å². The third kappa shape index (κ3) is 3.37. The summed E-state index contributed by atoms with van der Waals surface area (Å²) in [7, 11) is 0. The van der Waals surface area contributed by atoms with E-state index in [2.05, 4.69) is 10.4 Å². The molecule has 8 heteroatoms. The summed E-state index contributed by atoms with van der Waals surface area (Å²) in [6.07, 6.45) is 0.701. The number of carboxylic acid groups (broad SMARTS) is 1. The van der Waals surface area contributed by atoms with Crippen LogP contribution in [0, 0.1) is 0 Å². The number of fused-ring (bicyclic) bond motifs is 1. The van der Waals surface area contributed by atoms with Crippen LogP contribution in [0.3, 0.4) is 0 Å². The number of aliphatic carboxylic acids is 1. The molecule has 0 spiro atoms. The van der Waals surface area contributed by atoms with Crippen molar-refractivity contribution in [2.75, 3.05) is 6.61 Å². The maximum absolute atomic E-state index is 12.4. The number of aryl methyl sites for hydroxylation is 1. The van der Waals surface area contributed by atoms with Crippen LogP contribution >= 0.6 is 0 Å². The molecule has 1 unspecified atom stereocenters. The fourth-order valence-corrected chi connectivity index (χ4v) is 2.68.